The fourth-order valence-electron chi connectivity index (χ4n) is 0.691. The summed E-state index contributed by atoms with van der Waals surface area (Å²) in [7, 11) is 0. The predicted octanol–water partition coefficient (Wildman–Crippen LogP) is 1.41. The van der Waals surface area contributed by atoms with Gasteiger partial charge in [-0.1, -0.05) is 12.2 Å². The molecule has 0 spiro atoms. The summed E-state index contributed by atoms with van der Waals surface area (Å²) in [6.45, 7) is 3.91. The molecule has 0 aliphatic rings. The van der Waals surface area contributed by atoms with E-state index >= 15 is 0 Å². The number of hydrogen-bond donors (Lipinski definition) is 2. The lowest BCUT2D eigenvalue weighted by molar-refractivity contribution is -0.119. The first-order valence-electron chi connectivity index (χ1n) is 4.41. The van der Waals surface area contributed by atoms with Crippen LogP contribution in [-0.4, -0.2) is 23.9 Å². The molecule has 5 heteroatoms. The van der Waals surface area contributed by atoms with E-state index in [2.05, 4.69) is 10.6 Å². The van der Waals surface area contributed by atoms with Crippen molar-refractivity contribution in [3.8, 4) is 0 Å². The molecule has 0 fully saturated rings. The Kier molecular flexibility index (Phi) is 6.84. The summed E-state index contributed by atoms with van der Waals surface area (Å²) in [6.07, 6.45) is 4.56. The number of amides is 3. The predicted molar refractivity (Wildman–Crippen MR) is 56.3 cm³/mol. The fraction of sp³-hybridized carbons (Fsp3) is 0.556. The van der Waals surface area contributed by atoms with Gasteiger partial charge in [0.2, 0.25) is 5.91 Å². The Balaban J connectivity index is 3.60. The Morgan fingerprint density at radius 1 is 1.50 bits per heavy atom. The lowest BCUT2D eigenvalue weighted by Gasteiger charge is -2.06. The maximum absolute atomic E-state index is 11.0. The maximum atomic E-state index is 11.0. The van der Waals surface area contributed by atoms with E-state index in [9.17, 15) is 9.59 Å². The minimum atomic E-state index is -0.698. The number of carbonyl (C=O) groups excluding carboxylic acids is 2. The molecule has 0 aromatic rings. The van der Waals surface area contributed by atoms with E-state index in [0.717, 1.165) is 6.42 Å². The second-order valence-corrected chi connectivity index (χ2v) is 3.37. The van der Waals surface area contributed by atoms with Crippen molar-refractivity contribution in [2.75, 3.05) is 6.54 Å². The Morgan fingerprint density at radius 3 is 2.64 bits per heavy atom. The molecule has 14 heavy (non-hydrogen) atoms. The first-order chi connectivity index (χ1) is 6.57. The first kappa shape index (κ1) is 13.0. The molecule has 0 radical (unpaired) electrons. The van der Waals surface area contributed by atoms with Gasteiger partial charge in [-0.25, -0.2) is 4.79 Å². The van der Waals surface area contributed by atoms with Crippen LogP contribution in [0.5, 0.6) is 0 Å². The smallest absolute Gasteiger partial charge is 0.321 e. The second kappa shape index (κ2) is 7.38. The molecule has 0 aromatic heterocycles. The fourth-order valence-corrected chi connectivity index (χ4v) is 0.746. The Morgan fingerprint density at radius 2 is 2.14 bits per heavy atom. The minimum absolute atomic E-state index is 0.491. The number of imide groups is 1. The van der Waals surface area contributed by atoms with Crippen molar-refractivity contribution in [3.63, 3.8) is 0 Å². The van der Waals surface area contributed by atoms with E-state index in [4.69, 9.17) is 11.6 Å². The molecule has 1 unspecified atom stereocenters. The third kappa shape index (κ3) is 6.48. The molecule has 0 bridgehead atoms. The molecular formula is C9H15ClN2O2. The molecule has 0 rings (SSSR count). The summed E-state index contributed by atoms with van der Waals surface area (Å²) < 4.78 is 0. The number of halogens is 1. The van der Waals surface area contributed by atoms with Gasteiger partial charge in [-0.05, 0) is 20.3 Å². The van der Waals surface area contributed by atoms with Crippen LogP contribution < -0.4 is 10.6 Å². The molecule has 0 heterocycles. The number of alkyl halides is 1. The summed E-state index contributed by atoms with van der Waals surface area (Å²) in [5.41, 5.74) is 0. The van der Waals surface area contributed by atoms with Crippen molar-refractivity contribution in [2.24, 2.45) is 0 Å². The van der Waals surface area contributed by atoms with E-state index < -0.39 is 17.3 Å². The van der Waals surface area contributed by atoms with Crippen LogP contribution in [0.4, 0.5) is 4.79 Å². The van der Waals surface area contributed by atoms with Gasteiger partial charge in [0.1, 0.15) is 5.38 Å². The van der Waals surface area contributed by atoms with Crippen LogP contribution in [0.25, 0.3) is 0 Å². The highest BCUT2D eigenvalue weighted by Gasteiger charge is 2.11. The van der Waals surface area contributed by atoms with Crippen molar-refractivity contribution < 1.29 is 9.59 Å². The summed E-state index contributed by atoms with van der Waals surface area (Å²) in [5, 5.41) is 3.94. The van der Waals surface area contributed by atoms with Gasteiger partial charge < -0.3 is 5.32 Å². The zero-order valence-electron chi connectivity index (χ0n) is 8.34. The van der Waals surface area contributed by atoms with Crippen molar-refractivity contribution in [2.45, 2.75) is 25.6 Å². The first-order valence-corrected chi connectivity index (χ1v) is 4.85. The van der Waals surface area contributed by atoms with Crippen LogP contribution >= 0.6 is 11.6 Å². The molecule has 0 aromatic carbocycles. The standard InChI is InChI=1S/C9H15ClN2O2/c1-3-4-5-6-11-9(14)12-8(13)7(2)10/h3-4,7H,5-6H2,1-2H3,(H2,11,12,13,14)/b4-3+. The average molecular weight is 219 g/mol. The summed E-state index contributed by atoms with van der Waals surface area (Å²) >= 11 is 5.45. The van der Waals surface area contributed by atoms with Crippen molar-refractivity contribution in [1.29, 1.82) is 0 Å². The van der Waals surface area contributed by atoms with E-state index in [1.165, 1.54) is 6.92 Å². The molecule has 0 saturated carbocycles. The minimum Gasteiger partial charge on any atom is -0.337 e. The number of allylic oxidation sites excluding steroid dienone is 1. The van der Waals surface area contributed by atoms with E-state index in [-0.39, 0.29) is 0 Å². The molecule has 3 amide bonds. The van der Waals surface area contributed by atoms with Crippen LogP contribution in [0.2, 0.25) is 0 Å². The van der Waals surface area contributed by atoms with Crippen molar-refractivity contribution in [1.82, 2.24) is 10.6 Å². The summed E-state index contributed by atoms with van der Waals surface area (Å²) in [5.74, 6) is -0.491. The molecule has 80 valence electrons. The van der Waals surface area contributed by atoms with Gasteiger partial charge in [-0.3, -0.25) is 10.1 Å². The van der Waals surface area contributed by atoms with Gasteiger partial charge in [0.05, 0.1) is 0 Å². The van der Waals surface area contributed by atoms with E-state index in [0.29, 0.717) is 6.54 Å². The molecule has 2 N–H and O–H groups in total. The van der Waals surface area contributed by atoms with Gasteiger partial charge in [0, 0.05) is 6.54 Å². The number of carbonyl (C=O) groups is 2. The van der Waals surface area contributed by atoms with Crippen LogP contribution in [0.1, 0.15) is 20.3 Å². The molecule has 0 saturated heterocycles. The monoisotopic (exact) mass is 218 g/mol. The van der Waals surface area contributed by atoms with Gasteiger partial charge in [-0.2, -0.15) is 0 Å². The van der Waals surface area contributed by atoms with Crippen LogP contribution in [0.15, 0.2) is 12.2 Å². The van der Waals surface area contributed by atoms with E-state index in [1.54, 1.807) is 0 Å². The second-order valence-electron chi connectivity index (χ2n) is 2.72. The average Bonchev–Trinajstić information content (AvgIpc) is 2.12. The van der Waals surface area contributed by atoms with Crippen molar-refractivity contribution >= 4 is 23.5 Å². The quantitative estimate of drug-likeness (QED) is 0.426. The molecule has 0 aliphatic carbocycles. The topological polar surface area (TPSA) is 58.2 Å². The Hall–Kier alpha value is -1.03. The van der Waals surface area contributed by atoms with Gasteiger partial charge >= 0.3 is 6.03 Å². The molecular weight excluding hydrogens is 204 g/mol. The van der Waals surface area contributed by atoms with Crippen LogP contribution in [-0.2, 0) is 4.79 Å². The van der Waals surface area contributed by atoms with Gasteiger partial charge in [0.15, 0.2) is 0 Å². The normalized spacial score (nSPS) is 12.5. The summed E-state index contributed by atoms with van der Waals surface area (Å²) in [6, 6.07) is -0.507. The summed E-state index contributed by atoms with van der Waals surface area (Å²) in [4.78, 5) is 21.9. The SMILES string of the molecule is C/C=C/CCNC(=O)NC(=O)C(C)Cl. The number of urea groups is 1. The highest BCUT2D eigenvalue weighted by Crippen LogP contribution is 1.91. The Labute approximate surface area is 88.7 Å². The number of rotatable bonds is 4. The van der Waals surface area contributed by atoms with Crippen LogP contribution in [0, 0.1) is 0 Å². The lowest BCUT2D eigenvalue weighted by atomic mass is 10.4. The van der Waals surface area contributed by atoms with Gasteiger partial charge in [-0.15, -0.1) is 11.6 Å². The zero-order valence-corrected chi connectivity index (χ0v) is 9.10. The van der Waals surface area contributed by atoms with Crippen molar-refractivity contribution in [3.05, 3.63) is 12.2 Å². The maximum Gasteiger partial charge on any atom is 0.321 e. The zero-order chi connectivity index (χ0) is 11.0. The number of nitrogens with one attached hydrogen (secondary N) is 2. The van der Waals surface area contributed by atoms with Crippen LogP contribution in [0.3, 0.4) is 0 Å². The van der Waals surface area contributed by atoms with Gasteiger partial charge in [0.25, 0.3) is 0 Å². The lowest BCUT2D eigenvalue weighted by Crippen LogP contribution is -2.42. The molecule has 0 aliphatic heterocycles. The highest BCUT2D eigenvalue weighted by atomic mass is 35.5. The molecule has 1 atom stereocenters. The molecule has 4 nitrogen and oxygen atoms in total. The third-order valence-corrected chi connectivity index (χ3v) is 1.63. The largest absolute Gasteiger partial charge is 0.337 e. The van der Waals surface area contributed by atoms with E-state index in [1.807, 2.05) is 19.1 Å². The third-order valence-electron chi connectivity index (χ3n) is 1.43. The highest BCUT2D eigenvalue weighted by molar-refractivity contribution is 6.31. The Bertz CT molecular complexity index is 227. The number of hydrogen-bond acceptors (Lipinski definition) is 2.